The van der Waals surface area contributed by atoms with Crippen molar-refractivity contribution in [3.63, 3.8) is 0 Å². The molecular formula is C16H23N3O2. The van der Waals surface area contributed by atoms with Gasteiger partial charge in [-0.05, 0) is 25.3 Å². The summed E-state index contributed by atoms with van der Waals surface area (Å²) in [5.74, 6) is -0.111. The highest BCUT2D eigenvalue weighted by atomic mass is 16.2. The second-order valence-electron chi connectivity index (χ2n) is 5.50. The lowest BCUT2D eigenvalue weighted by molar-refractivity contribution is -0.143. The molecular weight excluding hydrogens is 266 g/mol. The fourth-order valence-corrected chi connectivity index (χ4v) is 2.59. The number of nitrogens with zero attached hydrogens (tertiary/aromatic N) is 1. The third-order valence-corrected chi connectivity index (χ3v) is 3.78. The van der Waals surface area contributed by atoms with E-state index < -0.39 is 6.04 Å². The molecule has 0 bridgehead atoms. The molecule has 0 aliphatic carbocycles. The first-order chi connectivity index (χ1) is 10.1. The molecule has 21 heavy (non-hydrogen) atoms. The van der Waals surface area contributed by atoms with Crippen LogP contribution in [0.2, 0.25) is 0 Å². The number of rotatable bonds is 5. The first-order valence-corrected chi connectivity index (χ1v) is 7.48. The highest BCUT2D eigenvalue weighted by molar-refractivity contribution is 5.89. The maximum Gasteiger partial charge on any atom is 0.247 e. The Balaban J connectivity index is 2.26. The topological polar surface area (TPSA) is 75.4 Å². The summed E-state index contributed by atoms with van der Waals surface area (Å²) in [6.07, 6.45) is 2.36. The van der Waals surface area contributed by atoms with Crippen molar-refractivity contribution >= 4 is 11.8 Å². The van der Waals surface area contributed by atoms with Crippen LogP contribution in [0, 0.1) is 0 Å². The quantitative estimate of drug-likeness (QED) is 0.855. The molecule has 2 atom stereocenters. The van der Waals surface area contributed by atoms with Gasteiger partial charge in [0.15, 0.2) is 0 Å². The molecule has 0 spiro atoms. The second-order valence-corrected chi connectivity index (χ2v) is 5.50. The number of likely N-dealkylation sites (tertiary alicyclic amines) is 1. The number of carbonyl (C=O) groups excluding carboxylic acids is 2. The predicted molar refractivity (Wildman–Crippen MR) is 81.4 cm³/mol. The van der Waals surface area contributed by atoms with Crippen molar-refractivity contribution < 1.29 is 9.59 Å². The van der Waals surface area contributed by atoms with Crippen molar-refractivity contribution in [2.75, 3.05) is 13.1 Å². The SMILES string of the molecule is C[C@@H](CN)NC(=O)C(c1ccccc1)N1CCCCC1=O. The fraction of sp³-hybridized carbons (Fsp3) is 0.500. The van der Waals surface area contributed by atoms with Crippen LogP contribution in [0.1, 0.15) is 37.8 Å². The van der Waals surface area contributed by atoms with Crippen LogP contribution in [0.25, 0.3) is 0 Å². The van der Waals surface area contributed by atoms with Crippen LogP contribution in [-0.2, 0) is 9.59 Å². The van der Waals surface area contributed by atoms with Crippen LogP contribution in [0.4, 0.5) is 0 Å². The smallest absolute Gasteiger partial charge is 0.247 e. The van der Waals surface area contributed by atoms with Crippen molar-refractivity contribution in [2.45, 2.75) is 38.3 Å². The number of hydrogen-bond acceptors (Lipinski definition) is 3. The molecule has 1 heterocycles. The molecule has 0 aromatic heterocycles. The first-order valence-electron chi connectivity index (χ1n) is 7.48. The van der Waals surface area contributed by atoms with Crippen molar-refractivity contribution in [1.29, 1.82) is 0 Å². The lowest BCUT2D eigenvalue weighted by Crippen LogP contribution is -2.48. The molecule has 114 valence electrons. The van der Waals surface area contributed by atoms with E-state index in [0.29, 0.717) is 19.5 Å². The van der Waals surface area contributed by atoms with E-state index in [2.05, 4.69) is 5.32 Å². The monoisotopic (exact) mass is 289 g/mol. The Kier molecular flexibility index (Phi) is 5.33. The summed E-state index contributed by atoms with van der Waals surface area (Å²) in [5.41, 5.74) is 6.41. The van der Waals surface area contributed by atoms with Crippen molar-refractivity contribution in [3.05, 3.63) is 35.9 Å². The Labute approximate surface area is 125 Å². The molecule has 1 aromatic rings. The van der Waals surface area contributed by atoms with Crippen LogP contribution >= 0.6 is 0 Å². The molecule has 2 amide bonds. The van der Waals surface area contributed by atoms with Gasteiger partial charge in [0.2, 0.25) is 11.8 Å². The van der Waals surface area contributed by atoms with Gasteiger partial charge in [-0.1, -0.05) is 30.3 Å². The summed E-state index contributed by atoms with van der Waals surface area (Å²) in [5, 5.41) is 2.89. The Morgan fingerprint density at radius 1 is 1.33 bits per heavy atom. The van der Waals surface area contributed by atoms with Gasteiger partial charge < -0.3 is 16.0 Å². The molecule has 3 N–H and O–H groups in total. The summed E-state index contributed by atoms with van der Waals surface area (Å²) < 4.78 is 0. The predicted octanol–water partition coefficient (Wildman–Crippen LogP) is 1.20. The molecule has 5 nitrogen and oxygen atoms in total. The average Bonchev–Trinajstić information content (AvgIpc) is 2.50. The van der Waals surface area contributed by atoms with E-state index in [1.54, 1.807) is 4.90 Å². The third-order valence-electron chi connectivity index (χ3n) is 3.78. The van der Waals surface area contributed by atoms with E-state index in [9.17, 15) is 9.59 Å². The molecule has 1 aromatic carbocycles. The van der Waals surface area contributed by atoms with Crippen LogP contribution < -0.4 is 11.1 Å². The highest BCUT2D eigenvalue weighted by Gasteiger charge is 2.32. The summed E-state index contributed by atoms with van der Waals surface area (Å²) in [7, 11) is 0. The zero-order chi connectivity index (χ0) is 15.2. The Morgan fingerprint density at radius 2 is 2.05 bits per heavy atom. The number of carbonyl (C=O) groups is 2. The lowest BCUT2D eigenvalue weighted by atomic mass is 10.00. The average molecular weight is 289 g/mol. The van der Waals surface area contributed by atoms with Gasteiger partial charge in [-0.25, -0.2) is 0 Å². The van der Waals surface area contributed by atoms with E-state index >= 15 is 0 Å². The van der Waals surface area contributed by atoms with E-state index in [1.165, 1.54) is 0 Å². The van der Waals surface area contributed by atoms with Crippen molar-refractivity contribution in [3.8, 4) is 0 Å². The number of nitrogens with two attached hydrogens (primary N) is 1. The molecule has 0 saturated carbocycles. The Morgan fingerprint density at radius 3 is 2.67 bits per heavy atom. The maximum atomic E-state index is 12.6. The van der Waals surface area contributed by atoms with Gasteiger partial charge in [0.25, 0.3) is 0 Å². The summed E-state index contributed by atoms with van der Waals surface area (Å²) >= 11 is 0. The van der Waals surface area contributed by atoms with Crippen molar-refractivity contribution in [1.82, 2.24) is 10.2 Å². The maximum absolute atomic E-state index is 12.6. The molecule has 1 aliphatic heterocycles. The fourth-order valence-electron chi connectivity index (χ4n) is 2.59. The van der Waals surface area contributed by atoms with Gasteiger partial charge in [-0.15, -0.1) is 0 Å². The normalized spacial score (nSPS) is 18.2. The molecule has 1 aliphatic rings. The number of benzene rings is 1. The van der Waals surface area contributed by atoms with Crippen LogP contribution in [-0.4, -0.2) is 35.8 Å². The summed E-state index contributed by atoms with van der Waals surface area (Å²) in [6, 6.07) is 8.78. The van der Waals surface area contributed by atoms with Gasteiger partial charge in [0, 0.05) is 25.6 Å². The second kappa shape index (κ2) is 7.22. The first kappa shape index (κ1) is 15.5. The zero-order valence-electron chi connectivity index (χ0n) is 12.4. The summed E-state index contributed by atoms with van der Waals surface area (Å²) in [4.78, 5) is 26.5. The van der Waals surface area contributed by atoms with E-state index in [1.807, 2.05) is 37.3 Å². The standard InChI is InChI=1S/C16H23N3O2/c1-12(11-17)18-16(21)15(13-7-3-2-4-8-13)19-10-6-5-9-14(19)20/h2-4,7-8,12,15H,5-6,9-11,17H2,1H3,(H,18,21)/t12-,15?/m0/s1. The number of hydrogen-bond donors (Lipinski definition) is 2. The largest absolute Gasteiger partial charge is 0.350 e. The highest BCUT2D eigenvalue weighted by Crippen LogP contribution is 2.25. The summed E-state index contributed by atoms with van der Waals surface area (Å²) in [6.45, 7) is 2.86. The minimum atomic E-state index is -0.562. The zero-order valence-corrected chi connectivity index (χ0v) is 12.4. The number of nitrogens with one attached hydrogen (secondary N) is 1. The van der Waals surface area contributed by atoms with Gasteiger partial charge in [-0.2, -0.15) is 0 Å². The third kappa shape index (κ3) is 3.82. The molecule has 1 saturated heterocycles. The van der Waals surface area contributed by atoms with Gasteiger partial charge >= 0.3 is 0 Å². The number of piperidine rings is 1. The minimum Gasteiger partial charge on any atom is -0.350 e. The molecule has 1 unspecified atom stereocenters. The molecule has 0 radical (unpaired) electrons. The molecule has 1 fully saturated rings. The molecule has 5 heteroatoms. The van der Waals surface area contributed by atoms with Gasteiger partial charge in [0.05, 0.1) is 0 Å². The van der Waals surface area contributed by atoms with Crippen LogP contribution in [0.3, 0.4) is 0 Å². The van der Waals surface area contributed by atoms with E-state index in [-0.39, 0.29) is 17.9 Å². The molecule has 2 rings (SSSR count). The van der Waals surface area contributed by atoms with Gasteiger partial charge in [-0.3, -0.25) is 9.59 Å². The Hall–Kier alpha value is -1.88. The lowest BCUT2D eigenvalue weighted by Gasteiger charge is -2.34. The Bertz CT molecular complexity index is 490. The van der Waals surface area contributed by atoms with E-state index in [4.69, 9.17) is 5.73 Å². The van der Waals surface area contributed by atoms with Crippen molar-refractivity contribution in [2.24, 2.45) is 5.73 Å². The van der Waals surface area contributed by atoms with Crippen LogP contribution in [0.5, 0.6) is 0 Å². The van der Waals surface area contributed by atoms with Crippen LogP contribution in [0.15, 0.2) is 30.3 Å². The minimum absolute atomic E-state index is 0.0469. The van der Waals surface area contributed by atoms with E-state index in [0.717, 1.165) is 18.4 Å². The van der Waals surface area contributed by atoms with Gasteiger partial charge in [0.1, 0.15) is 6.04 Å². The number of amides is 2.